The van der Waals surface area contributed by atoms with Crippen molar-refractivity contribution in [2.24, 2.45) is 0 Å². The fourth-order valence-electron chi connectivity index (χ4n) is 7.84. The lowest BCUT2D eigenvalue weighted by atomic mass is 10.0. The van der Waals surface area contributed by atoms with Crippen LogP contribution in [0.2, 0.25) is 0 Å². The van der Waals surface area contributed by atoms with Crippen LogP contribution in [0.1, 0.15) is 28.8 Å². The second kappa shape index (κ2) is 17.2. The van der Waals surface area contributed by atoms with Crippen LogP contribution in [0, 0.1) is 11.6 Å². The number of imidazole rings is 1. The number of amides is 1. The quantitative estimate of drug-likeness (QED) is 0.120. The number of halogens is 4. The average molecular weight is 794 g/mol. The van der Waals surface area contributed by atoms with E-state index in [2.05, 4.69) is 36.4 Å². The maximum absolute atomic E-state index is 14.4. The lowest BCUT2D eigenvalue weighted by Gasteiger charge is -2.43. The Labute approximate surface area is 333 Å². The standard InChI is InChI=1S/C43H43F4N9O2/c1-58-37-26-32(54-16-12-31(13-17-54)55-22-20-53(19-14-44)21-23-55)8-9-35(37)49-43-48-15-10-36(50-43)41-39(51-38-24-28(27-45)11-18-56(38)41)29-4-2-5-30(25-29)42(57)52-40-33(46)6-3-7-34(40)47/h2-11,15,18,24-26,31H,12-14,16-17,19-23,27H2,1H3,(H,52,57)(H,48,49,50). The minimum Gasteiger partial charge on any atom is -0.494 e. The molecule has 2 N–H and O–H groups in total. The summed E-state index contributed by atoms with van der Waals surface area (Å²) in [6.45, 7) is 5.18. The number of benzene rings is 3. The molecule has 3 aromatic carbocycles. The lowest BCUT2D eigenvalue weighted by molar-refractivity contribution is 0.0816. The number of para-hydroxylation sites is 1. The number of hydrogen-bond acceptors (Lipinski definition) is 9. The number of carbonyl (C=O) groups is 1. The molecule has 0 unspecified atom stereocenters. The van der Waals surface area contributed by atoms with Gasteiger partial charge in [0.1, 0.15) is 42.1 Å². The van der Waals surface area contributed by atoms with Crippen molar-refractivity contribution in [3.8, 4) is 28.4 Å². The van der Waals surface area contributed by atoms with Crippen molar-refractivity contribution in [1.82, 2.24) is 29.2 Å². The first-order valence-electron chi connectivity index (χ1n) is 19.3. The summed E-state index contributed by atoms with van der Waals surface area (Å²) in [7, 11) is 1.62. The molecule has 11 nitrogen and oxygen atoms in total. The predicted molar refractivity (Wildman–Crippen MR) is 216 cm³/mol. The summed E-state index contributed by atoms with van der Waals surface area (Å²) in [5.74, 6) is -1.59. The molecular weight excluding hydrogens is 751 g/mol. The summed E-state index contributed by atoms with van der Waals surface area (Å²) in [5.41, 5.74) is 4.21. The Hall–Kier alpha value is -6.06. The van der Waals surface area contributed by atoms with E-state index >= 15 is 0 Å². The number of anilines is 4. The van der Waals surface area contributed by atoms with Gasteiger partial charge in [0.2, 0.25) is 5.95 Å². The zero-order valence-corrected chi connectivity index (χ0v) is 32.0. The highest BCUT2D eigenvalue weighted by atomic mass is 19.1. The van der Waals surface area contributed by atoms with Crippen LogP contribution in [0.3, 0.4) is 0 Å². The number of nitrogens with one attached hydrogen (secondary N) is 2. The Bertz CT molecular complexity index is 2390. The molecule has 300 valence electrons. The van der Waals surface area contributed by atoms with Gasteiger partial charge in [-0.05, 0) is 73.0 Å². The Balaban J connectivity index is 1.03. The number of pyridine rings is 1. The van der Waals surface area contributed by atoms with E-state index in [9.17, 15) is 22.4 Å². The van der Waals surface area contributed by atoms with Gasteiger partial charge in [0.05, 0.1) is 29.9 Å². The van der Waals surface area contributed by atoms with Gasteiger partial charge in [0, 0.05) is 87.1 Å². The number of fused-ring (bicyclic) bond motifs is 1. The molecule has 0 bridgehead atoms. The van der Waals surface area contributed by atoms with E-state index in [-0.39, 0.29) is 18.2 Å². The fourth-order valence-corrected chi connectivity index (χ4v) is 7.84. The van der Waals surface area contributed by atoms with Gasteiger partial charge < -0.3 is 20.3 Å². The second-order valence-corrected chi connectivity index (χ2v) is 14.4. The summed E-state index contributed by atoms with van der Waals surface area (Å²) in [4.78, 5) is 34.6. The van der Waals surface area contributed by atoms with Crippen LogP contribution < -0.4 is 20.3 Å². The van der Waals surface area contributed by atoms with Gasteiger partial charge in [0.25, 0.3) is 5.91 Å². The highest BCUT2D eigenvalue weighted by Crippen LogP contribution is 2.36. The number of alkyl halides is 2. The number of carbonyl (C=O) groups excluding carboxylic acids is 1. The molecule has 6 aromatic rings. The number of ether oxygens (including phenoxy) is 1. The minimum atomic E-state index is -0.897. The summed E-state index contributed by atoms with van der Waals surface area (Å²) < 4.78 is 62.9. The third-order valence-corrected chi connectivity index (χ3v) is 10.9. The number of aromatic nitrogens is 4. The molecule has 2 saturated heterocycles. The smallest absolute Gasteiger partial charge is 0.255 e. The van der Waals surface area contributed by atoms with Crippen molar-refractivity contribution < 1.29 is 27.1 Å². The van der Waals surface area contributed by atoms with Crippen molar-refractivity contribution >= 4 is 34.6 Å². The van der Waals surface area contributed by atoms with Crippen molar-refractivity contribution in [2.45, 2.75) is 25.6 Å². The molecule has 0 saturated carbocycles. The van der Waals surface area contributed by atoms with Crippen molar-refractivity contribution in [3.05, 3.63) is 114 Å². The maximum atomic E-state index is 14.4. The van der Waals surface area contributed by atoms with Crippen LogP contribution in [0.4, 0.5) is 40.6 Å². The highest BCUT2D eigenvalue weighted by Gasteiger charge is 2.28. The van der Waals surface area contributed by atoms with Gasteiger partial charge >= 0.3 is 0 Å². The minimum absolute atomic E-state index is 0.141. The molecule has 0 radical (unpaired) electrons. The van der Waals surface area contributed by atoms with Crippen molar-refractivity contribution in [1.29, 1.82) is 0 Å². The number of hydrogen-bond donors (Lipinski definition) is 2. The molecule has 2 aliphatic heterocycles. The summed E-state index contributed by atoms with van der Waals surface area (Å²) >= 11 is 0. The summed E-state index contributed by atoms with van der Waals surface area (Å²) in [6, 6.07) is 21.4. The third kappa shape index (κ3) is 8.18. The normalized spacial score (nSPS) is 15.5. The number of nitrogens with zero attached hydrogens (tertiary/aromatic N) is 7. The molecule has 15 heteroatoms. The maximum Gasteiger partial charge on any atom is 0.255 e. The number of rotatable bonds is 12. The molecule has 58 heavy (non-hydrogen) atoms. The number of piperazine rings is 1. The Morgan fingerprint density at radius 1 is 0.879 bits per heavy atom. The van der Waals surface area contributed by atoms with Crippen LogP contribution >= 0.6 is 0 Å². The molecule has 0 aliphatic carbocycles. The molecule has 2 aliphatic rings. The second-order valence-electron chi connectivity index (χ2n) is 14.4. The average Bonchev–Trinajstić information content (AvgIpc) is 3.65. The fraction of sp³-hybridized carbons (Fsp3) is 0.302. The highest BCUT2D eigenvalue weighted by molar-refractivity contribution is 6.05. The lowest BCUT2D eigenvalue weighted by Crippen LogP contribution is -2.53. The number of methoxy groups -OCH3 is 1. The van der Waals surface area contributed by atoms with E-state index in [1.54, 1.807) is 60.3 Å². The molecule has 2 fully saturated rings. The Morgan fingerprint density at radius 3 is 2.40 bits per heavy atom. The molecule has 3 aromatic heterocycles. The van der Waals surface area contributed by atoms with Gasteiger partial charge in [-0.2, -0.15) is 0 Å². The van der Waals surface area contributed by atoms with E-state index in [1.807, 2.05) is 12.1 Å². The SMILES string of the molecule is COc1cc(N2CCC(N3CCN(CCF)CC3)CC2)ccc1Nc1nccc(-c2c(-c3cccc(C(=O)Nc4c(F)cccc4F)c3)nc3cc(CF)ccn23)n1. The zero-order valence-electron chi connectivity index (χ0n) is 32.0. The first kappa shape index (κ1) is 38.8. The van der Waals surface area contributed by atoms with E-state index in [0.29, 0.717) is 57.9 Å². The molecule has 5 heterocycles. The van der Waals surface area contributed by atoms with Crippen LogP contribution in [0.15, 0.2) is 91.3 Å². The van der Waals surface area contributed by atoms with Crippen molar-refractivity contribution in [2.75, 3.05) is 75.1 Å². The third-order valence-electron chi connectivity index (χ3n) is 10.9. The first-order chi connectivity index (χ1) is 28.3. The van der Waals surface area contributed by atoms with Crippen molar-refractivity contribution in [3.63, 3.8) is 0 Å². The zero-order chi connectivity index (χ0) is 40.2. The van der Waals surface area contributed by atoms with E-state index in [1.165, 1.54) is 12.1 Å². The van der Waals surface area contributed by atoms with Gasteiger partial charge in [-0.3, -0.25) is 19.0 Å². The molecule has 0 atom stereocenters. The van der Waals surface area contributed by atoms with Crippen LogP contribution in [0.25, 0.3) is 28.3 Å². The van der Waals surface area contributed by atoms with Gasteiger partial charge in [-0.15, -0.1) is 0 Å². The van der Waals surface area contributed by atoms with Gasteiger partial charge in [0.15, 0.2) is 0 Å². The van der Waals surface area contributed by atoms with Crippen LogP contribution in [0.5, 0.6) is 5.75 Å². The van der Waals surface area contributed by atoms with Gasteiger partial charge in [-0.25, -0.2) is 32.5 Å². The van der Waals surface area contributed by atoms with E-state index in [4.69, 9.17) is 14.7 Å². The van der Waals surface area contributed by atoms with Gasteiger partial charge in [-0.1, -0.05) is 18.2 Å². The van der Waals surface area contributed by atoms with Crippen LogP contribution in [-0.2, 0) is 6.67 Å². The number of piperidine rings is 1. The van der Waals surface area contributed by atoms with E-state index < -0.39 is 29.9 Å². The molecule has 8 rings (SSSR count). The topological polar surface area (TPSA) is 103 Å². The van der Waals surface area contributed by atoms with E-state index in [0.717, 1.165) is 69.9 Å². The first-order valence-corrected chi connectivity index (χ1v) is 19.3. The molecule has 0 spiro atoms. The summed E-state index contributed by atoms with van der Waals surface area (Å²) in [5, 5.41) is 5.64. The Kier molecular flexibility index (Phi) is 11.5. The van der Waals surface area contributed by atoms with Crippen LogP contribution in [-0.4, -0.2) is 101 Å². The Morgan fingerprint density at radius 2 is 1.66 bits per heavy atom. The monoisotopic (exact) mass is 793 g/mol. The molecule has 1 amide bonds. The molecular formula is C43H43F4N9O2. The summed E-state index contributed by atoms with van der Waals surface area (Å²) in [6.07, 6.45) is 5.43. The largest absolute Gasteiger partial charge is 0.494 e. The predicted octanol–water partition coefficient (Wildman–Crippen LogP) is 7.77.